The van der Waals surface area contributed by atoms with E-state index in [4.69, 9.17) is 0 Å². The van der Waals surface area contributed by atoms with Crippen LogP contribution in [0.1, 0.15) is 16.8 Å². The highest BCUT2D eigenvalue weighted by Gasteiger charge is 2.05. The largest absolute Gasteiger partial charge is 0.352 e. The van der Waals surface area contributed by atoms with Crippen molar-refractivity contribution < 1.29 is 4.79 Å². The van der Waals surface area contributed by atoms with Crippen LogP contribution in [-0.4, -0.2) is 27.0 Å². The minimum absolute atomic E-state index is 0.0423. The van der Waals surface area contributed by atoms with Crippen LogP contribution in [0.25, 0.3) is 10.8 Å². The Bertz CT molecular complexity index is 737. The molecule has 0 fully saturated rings. The smallest absolute Gasteiger partial charge is 0.251 e. The van der Waals surface area contributed by atoms with Gasteiger partial charge in [0, 0.05) is 48.8 Å². The van der Waals surface area contributed by atoms with Gasteiger partial charge in [-0.1, -0.05) is 6.07 Å². The van der Waals surface area contributed by atoms with Crippen molar-refractivity contribution in [2.45, 2.75) is 13.0 Å². The van der Waals surface area contributed by atoms with E-state index in [1.807, 2.05) is 35.0 Å². The summed E-state index contributed by atoms with van der Waals surface area (Å²) in [6.45, 7) is 1.50. The molecule has 0 saturated heterocycles. The quantitative estimate of drug-likeness (QED) is 0.729. The average molecular weight is 280 g/mol. The van der Waals surface area contributed by atoms with E-state index in [0.717, 1.165) is 23.7 Å². The fraction of sp³-hybridized carbons (Fsp3) is 0.188. The third kappa shape index (κ3) is 3.25. The Balaban J connectivity index is 1.56. The molecule has 5 nitrogen and oxygen atoms in total. The highest BCUT2D eigenvalue weighted by Crippen LogP contribution is 2.14. The zero-order valence-corrected chi connectivity index (χ0v) is 11.6. The summed E-state index contributed by atoms with van der Waals surface area (Å²) >= 11 is 0. The average Bonchev–Trinajstić information content (AvgIpc) is 3.04. The van der Waals surface area contributed by atoms with Gasteiger partial charge in [0.15, 0.2) is 0 Å². The predicted molar refractivity (Wildman–Crippen MR) is 80.9 cm³/mol. The Morgan fingerprint density at radius 1 is 1.14 bits per heavy atom. The minimum atomic E-state index is -0.0423. The summed E-state index contributed by atoms with van der Waals surface area (Å²) in [6.07, 6.45) is 9.85. The molecule has 0 saturated carbocycles. The van der Waals surface area contributed by atoms with E-state index in [1.54, 1.807) is 24.9 Å². The molecule has 3 rings (SSSR count). The number of carbonyl (C=O) groups is 1. The predicted octanol–water partition coefficient (Wildman–Crippen LogP) is 2.25. The van der Waals surface area contributed by atoms with Crippen LogP contribution in [-0.2, 0) is 6.54 Å². The lowest BCUT2D eigenvalue weighted by Crippen LogP contribution is -2.25. The molecule has 1 aromatic carbocycles. The molecule has 2 heterocycles. The molecule has 1 N–H and O–H groups in total. The number of hydrogen-bond acceptors (Lipinski definition) is 3. The van der Waals surface area contributed by atoms with E-state index in [-0.39, 0.29) is 5.91 Å². The van der Waals surface area contributed by atoms with Gasteiger partial charge in [0.1, 0.15) is 0 Å². The molecule has 106 valence electrons. The topological polar surface area (TPSA) is 59.8 Å². The molecular formula is C16H16N4O. The van der Waals surface area contributed by atoms with Crippen LogP contribution in [0.3, 0.4) is 0 Å². The molecule has 5 heteroatoms. The molecule has 0 aliphatic rings. The van der Waals surface area contributed by atoms with Gasteiger partial charge >= 0.3 is 0 Å². The van der Waals surface area contributed by atoms with Crippen molar-refractivity contribution in [1.82, 2.24) is 19.9 Å². The Labute approximate surface area is 122 Å². The summed E-state index contributed by atoms with van der Waals surface area (Å²) in [4.78, 5) is 20.2. The number of amides is 1. The maximum atomic E-state index is 12.1. The molecule has 0 unspecified atom stereocenters. The normalized spacial score (nSPS) is 10.7. The number of aromatic nitrogens is 3. The molecule has 0 radical (unpaired) electrons. The van der Waals surface area contributed by atoms with Gasteiger partial charge < -0.3 is 9.88 Å². The zero-order valence-electron chi connectivity index (χ0n) is 11.6. The van der Waals surface area contributed by atoms with Gasteiger partial charge in [0.05, 0.1) is 6.33 Å². The second-order valence-electron chi connectivity index (χ2n) is 4.85. The fourth-order valence-corrected chi connectivity index (χ4v) is 2.21. The molecule has 0 aliphatic heterocycles. The first-order valence-corrected chi connectivity index (χ1v) is 6.91. The van der Waals surface area contributed by atoms with Gasteiger partial charge in [-0.15, -0.1) is 0 Å². The van der Waals surface area contributed by atoms with Crippen molar-refractivity contribution in [1.29, 1.82) is 0 Å². The molecular weight excluding hydrogens is 264 g/mol. The number of nitrogens with zero attached hydrogens (tertiary/aromatic N) is 3. The molecule has 0 bridgehead atoms. The number of rotatable bonds is 5. The van der Waals surface area contributed by atoms with Crippen molar-refractivity contribution in [3.05, 3.63) is 60.9 Å². The summed E-state index contributed by atoms with van der Waals surface area (Å²) in [5.74, 6) is -0.0423. The molecule has 0 atom stereocenters. The summed E-state index contributed by atoms with van der Waals surface area (Å²) in [7, 11) is 0. The molecule has 0 spiro atoms. The van der Waals surface area contributed by atoms with Gasteiger partial charge in [-0.3, -0.25) is 9.78 Å². The SMILES string of the molecule is O=C(NCCCn1ccnc1)c1ccc2cnccc2c1. The van der Waals surface area contributed by atoms with Crippen molar-refractivity contribution in [2.24, 2.45) is 0 Å². The fourth-order valence-electron chi connectivity index (χ4n) is 2.21. The minimum Gasteiger partial charge on any atom is -0.352 e. The van der Waals surface area contributed by atoms with Gasteiger partial charge in [-0.25, -0.2) is 4.98 Å². The molecule has 21 heavy (non-hydrogen) atoms. The van der Waals surface area contributed by atoms with E-state index < -0.39 is 0 Å². The van der Waals surface area contributed by atoms with Crippen LogP contribution < -0.4 is 5.32 Å². The van der Waals surface area contributed by atoms with Crippen LogP contribution >= 0.6 is 0 Å². The Kier molecular flexibility index (Phi) is 3.91. The number of carbonyl (C=O) groups excluding carboxylic acids is 1. The Morgan fingerprint density at radius 2 is 2.10 bits per heavy atom. The third-order valence-corrected chi connectivity index (χ3v) is 3.34. The lowest BCUT2D eigenvalue weighted by molar-refractivity contribution is 0.0953. The summed E-state index contributed by atoms with van der Waals surface area (Å²) in [6, 6.07) is 7.55. The van der Waals surface area contributed by atoms with Crippen molar-refractivity contribution in [3.8, 4) is 0 Å². The summed E-state index contributed by atoms with van der Waals surface area (Å²) in [5.41, 5.74) is 0.677. The van der Waals surface area contributed by atoms with Gasteiger partial charge in [-0.05, 0) is 30.0 Å². The second kappa shape index (κ2) is 6.17. The molecule has 0 aliphatic carbocycles. The monoisotopic (exact) mass is 280 g/mol. The Hall–Kier alpha value is -2.69. The van der Waals surface area contributed by atoms with Crippen LogP contribution in [0.5, 0.6) is 0 Å². The lowest BCUT2D eigenvalue weighted by atomic mass is 10.1. The maximum absolute atomic E-state index is 12.1. The maximum Gasteiger partial charge on any atom is 0.251 e. The number of fused-ring (bicyclic) bond motifs is 1. The van der Waals surface area contributed by atoms with Crippen molar-refractivity contribution in [2.75, 3.05) is 6.54 Å². The molecule has 3 aromatic rings. The van der Waals surface area contributed by atoms with E-state index in [9.17, 15) is 4.79 Å². The first-order valence-electron chi connectivity index (χ1n) is 6.91. The van der Waals surface area contributed by atoms with E-state index in [1.165, 1.54) is 0 Å². The third-order valence-electron chi connectivity index (χ3n) is 3.34. The van der Waals surface area contributed by atoms with E-state index in [0.29, 0.717) is 12.1 Å². The molecule has 2 aromatic heterocycles. The van der Waals surface area contributed by atoms with Gasteiger partial charge in [-0.2, -0.15) is 0 Å². The first kappa shape index (κ1) is 13.3. The highest BCUT2D eigenvalue weighted by molar-refractivity contribution is 5.98. The van der Waals surface area contributed by atoms with E-state index in [2.05, 4.69) is 15.3 Å². The molecule has 1 amide bonds. The number of nitrogens with one attached hydrogen (secondary N) is 1. The zero-order chi connectivity index (χ0) is 14.5. The van der Waals surface area contributed by atoms with Crippen LogP contribution in [0.2, 0.25) is 0 Å². The Morgan fingerprint density at radius 3 is 2.95 bits per heavy atom. The highest BCUT2D eigenvalue weighted by atomic mass is 16.1. The van der Waals surface area contributed by atoms with Crippen LogP contribution in [0.4, 0.5) is 0 Å². The van der Waals surface area contributed by atoms with Crippen LogP contribution in [0.15, 0.2) is 55.4 Å². The number of imidazole rings is 1. The van der Waals surface area contributed by atoms with Crippen molar-refractivity contribution in [3.63, 3.8) is 0 Å². The summed E-state index contributed by atoms with van der Waals surface area (Å²) in [5, 5.41) is 5.00. The summed E-state index contributed by atoms with van der Waals surface area (Å²) < 4.78 is 2.00. The number of aryl methyl sites for hydroxylation is 1. The number of hydrogen-bond donors (Lipinski definition) is 1. The standard InChI is InChI=1S/C16H16N4O/c21-16(19-5-1-8-20-9-7-18-12-20)14-2-3-15-11-17-6-4-13(15)10-14/h2-4,6-7,9-12H,1,5,8H2,(H,19,21). The van der Waals surface area contributed by atoms with Crippen LogP contribution in [0, 0.1) is 0 Å². The second-order valence-corrected chi connectivity index (χ2v) is 4.85. The lowest BCUT2D eigenvalue weighted by Gasteiger charge is -2.06. The van der Waals surface area contributed by atoms with E-state index >= 15 is 0 Å². The number of pyridine rings is 1. The van der Waals surface area contributed by atoms with Crippen molar-refractivity contribution >= 4 is 16.7 Å². The van der Waals surface area contributed by atoms with Gasteiger partial charge in [0.2, 0.25) is 0 Å². The number of benzene rings is 1. The van der Waals surface area contributed by atoms with Gasteiger partial charge in [0.25, 0.3) is 5.91 Å². The first-order chi connectivity index (χ1) is 10.3.